The highest BCUT2D eigenvalue weighted by Gasteiger charge is 2.29. The molecule has 0 amide bonds. The van der Waals surface area contributed by atoms with Crippen LogP contribution in [-0.4, -0.2) is 6.10 Å². The predicted octanol–water partition coefficient (Wildman–Crippen LogP) is 5.38. The fraction of sp³-hybridized carbons (Fsp3) is 0.600. The van der Waals surface area contributed by atoms with Crippen molar-refractivity contribution >= 4 is 11.6 Å². The first-order valence-corrected chi connectivity index (χ1v) is 7.00. The third-order valence-electron chi connectivity index (χ3n) is 3.11. The van der Waals surface area contributed by atoms with E-state index in [1.165, 1.54) is 18.9 Å². The van der Waals surface area contributed by atoms with E-state index >= 15 is 0 Å². The molecular weight excluding hydrogens is 251 g/mol. The second-order valence-electron chi connectivity index (χ2n) is 4.90. The quantitative estimate of drug-likeness (QED) is 0.702. The summed E-state index contributed by atoms with van der Waals surface area (Å²) in [6.07, 6.45) is 3.80. The van der Waals surface area contributed by atoms with E-state index in [-0.39, 0.29) is 16.9 Å². The van der Waals surface area contributed by atoms with E-state index in [1.807, 2.05) is 0 Å². The van der Waals surface area contributed by atoms with Crippen molar-refractivity contribution in [2.45, 2.75) is 53.1 Å². The third kappa shape index (κ3) is 3.61. The van der Waals surface area contributed by atoms with Crippen molar-refractivity contribution in [1.82, 2.24) is 0 Å². The van der Waals surface area contributed by atoms with Crippen LogP contribution in [0.4, 0.5) is 4.39 Å². The highest BCUT2D eigenvalue weighted by Crippen LogP contribution is 2.34. The average Bonchev–Trinajstić information content (AvgIpc) is 2.34. The summed E-state index contributed by atoms with van der Waals surface area (Å²) in [6, 6.07) is 3.01. The van der Waals surface area contributed by atoms with Gasteiger partial charge in [-0.05, 0) is 37.8 Å². The molecule has 0 N–H and O–H groups in total. The fourth-order valence-corrected chi connectivity index (χ4v) is 1.89. The Hall–Kier alpha value is -0.760. The maximum absolute atomic E-state index is 13.1. The highest BCUT2D eigenvalue weighted by atomic mass is 35.5. The zero-order valence-electron chi connectivity index (χ0n) is 11.6. The maximum Gasteiger partial charge on any atom is 0.142 e. The predicted molar refractivity (Wildman–Crippen MR) is 74.9 cm³/mol. The summed E-state index contributed by atoms with van der Waals surface area (Å²) in [6.45, 7) is 8.19. The van der Waals surface area contributed by atoms with Gasteiger partial charge in [-0.2, -0.15) is 0 Å². The molecule has 3 heteroatoms. The molecule has 0 bridgehead atoms. The molecular formula is C15H22ClFO. The summed E-state index contributed by atoms with van der Waals surface area (Å²) in [5.74, 6) is 0.911. The van der Waals surface area contributed by atoms with Crippen molar-refractivity contribution in [2.24, 2.45) is 5.92 Å². The molecule has 0 heterocycles. The van der Waals surface area contributed by atoms with Crippen LogP contribution in [0.2, 0.25) is 5.02 Å². The maximum atomic E-state index is 13.1. The van der Waals surface area contributed by atoms with Crippen LogP contribution in [-0.2, 0) is 0 Å². The third-order valence-corrected chi connectivity index (χ3v) is 3.57. The molecule has 18 heavy (non-hydrogen) atoms. The summed E-state index contributed by atoms with van der Waals surface area (Å²) in [5, 5.41) is 0.166. The lowest BCUT2D eigenvalue weighted by Gasteiger charge is -2.34. The van der Waals surface area contributed by atoms with Gasteiger partial charge in [0.1, 0.15) is 17.7 Å². The normalized spacial score (nSPS) is 21.7. The lowest BCUT2D eigenvalue weighted by Crippen LogP contribution is -2.34. The zero-order chi connectivity index (χ0) is 13.7. The lowest BCUT2D eigenvalue weighted by molar-refractivity contribution is 0.0570. The van der Waals surface area contributed by atoms with Gasteiger partial charge in [0.05, 0.1) is 5.02 Å². The molecule has 2 atom stereocenters. The monoisotopic (exact) mass is 272 g/mol. The standard InChI is InChI=1S/C12H14ClFO.C3H8/c1-7-3-5-10(7)15-11-6-4-9(14)12(13)8(11)2;1-3-2/h4,6-7,10H,3,5H2,1-2H3;3H2,1-2H3/t7-,10-;/m1./s1. The molecule has 102 valence electrons. The minimum absolute atomic E-state index is 0.166. The molecule has 1 aromatic carbocycles. The lowest BCUT2D eigenvalue weighted by atomic mass is 9.83. The van der Waals surface area contributed by atoms with E-state index < -0.39 is 0 Å². The second kappa shape index (κ2) is 6.98. The van der Waals surface area contributed by atoms with Gasteiger partial charge in [0.25, 0.3) is 0 Å². The van der Waals surface area contributed by atoms with Crippen molar-refractivity contribution in [3.05, 3.63) is 28.5 Å². The first-order chi connectivity index (χ1) is 8.51. The van der Waals surface area contributed by atoms with Gasteiger partial charge in [-0.3, -0.25) is 0 Å². The molecule has 1 aromatic rings. The van der Waals surface area contributed by atoms with Crippen LogP contribution in [0.25, 0.3) is 0 Å². The number of ether oxygens (including phenoxy) is 1. The number of benzene rings is 1. The first kappa shape index (κ1) is 15.3. The van der Waals surface area contributed by atoms with E-state index in [0.29, 0.717) is 17.2 Å². The van der Waals surface area contributed by atoms with Crippen LogP contribution in [0.3, 0.4) is 0 Å². The van der Waals surface area contributed by atoms with E-state index in [2.05, 4.69) is 20.8 Å². The highest BCUT2D eigenvalue weighted by molar-refractivity contribution is 6.31. The Bertz CT molecular complexity index is 392. The average molecular weight is 273 g/mol. The van der Waals surface area contributed by atoms with Gasteiger partial charge in [-0.1, -0.05) is 38.8 Å². The summed E-state index contributed by atoms with van der Waals surface area (Å²) in [4.78, 5) is 0. The SMILES string of the molecule is CCC.Cc1c(O[C@@H]2CC[C@H]2C)ccc(F)c1Cl. The van der Waals surface area contributed by atoms with Crippen molar-refractivity contribution in [1.29, 1.82) is 0 Å². The number of halogens is 2. The van der Waals surface area contributed by atoms with Gasteiger partial charge < -0.3 is 4.74 Å². The molecule has 0 radical (unpaired) electrons. The van der Waals surface area contributed by atoms with Gasteiger partial charge >= 0.3 is 0 Å². The molecule has 1 saturated carbocycles. The van der Waals surface area contributed by atoms with E-state index in [0.717, 1.165) is 6.42 Å². The summed E-state index contributed by atoms with van der Waals surface area (Å²) >= 11 is 5.81. The minimum Gasteiger partial charge on any atom is -0.490 e. The van der Waals surface area contributed by atoms with Crippen LogP contribution in [0.15, 0.2) is 12.1 Å². The molecule has 0 aromatic heterocycles. The molecule has 1 fully saturated rings. The molecule has 0 saturated heterocycles. The summed E-state index contributed by atoms with van der Waals surface area (Å²) in [7, 11) is 0. The van der Waals surface area contributed by atoms with Crippen LogP contribution in [0, 0.1) is 18.7 Å². The molecule has 0 aliphatic heterocycles. The Balaban J connectivity index is 0.000000492. The molecule has 0 spiro atoms. The van der Waals surface area contributed by atoms with Crippen LogP contribution < -0.4 is 4.74 Å². The smallest absolute Gasteiger partial charge is 0.142 e. The van der Waals surface area contributed by atoms with Crippen molar-refractivity contribution in [3.63, 3.8) is 0 Å². The van der Waals surface area contributed by atoms with Crippen LogP contribution in [0.5, 0.6) is 5.75 Å². The van der Waals surface area contributed by atoms with Crippen molar-refractivity contribution in [3.8, 4) is 5.75 Å². The Kier molecular flexibility index (Phi) is 5.94. The summed E-state index contributed by atoms with van der Waals surface area (Å²) < 4.78 is 18.9. The second-order valence-corrected chi connectivity index (χ2v) is 5.28. The number of hydrogen-bond acceptors (Lipinski definition) is 1. The largest absolute Gasteiger partial charge is 0.490 e. The Morgan fingerprint density at radius 1 is 1.33 bits per heavy atom. The number of hydrogen-bond donors (Lipinski definition) is 0. The van der Waals surface area contributed by atoms with Crippen LogP contribution >= 0.6 is 11.6 Å². The van der Waals surface area contributed by atoms with Crippen molar-refractivity contribution in [2.75, 3.05) is 0 Å². The molecule has 2 rings (SSSR count). The Morgan fingerprint density at radius 3 is 2.39 bits per heavy atom. The fourth-order valence-electron chi connectivity index (χ4n) is 1.74. The first-order valence-electron chi connectivity index (χ1n) is 6.62. The molecule has 1 nitrogen and oxygen atoms in total. The van der Waals surface area contributed by atoms with E-state index in [4.69, 9.17) is 16.3 Å². The number of rotatable bonds is 2. The molecule has 1 aliphatic rings. The van der Waals surface area contributed by atoms with Crippen LogP contribution in [0.1, 0.15) is 45.6 Å². The Labute approximate surface area is 114 Å². The summed E-state index contributed by atoms with van der Waals surface area (Å²) in [5.41, 5.74) is 0.691. The molecule has 1 aliphatic carbocycles. The van der Waals surface area contributed by atoms with Gasteiger partial charge in [0.2, 0.25) is 0 Å². The van der Waals surface area contributed by atoms with E-state index in [1.54, 1.807) is 13.0 Å². The minimum atomic E-state index is -0.386. The van der Waals surface area contributed by atoms with Gasteiger partial charge in [0, 0.05) is 5.56 Å². The molecule has 0 unspecified atom stereocenters. The van der Waals surface area contributed by atoms with Crippen molar-refractivity contribution < 1.29 is 9.13 Å². The topological polar surface area (TPSA) is 9.23 Å². The Morgan fingerprint density at radius 2 is 1.94 bits per heavy atom. The van der Waals surface area contributed by atoms with Gasteiger partial charge in [-0.15, -0.1) is 0 Å². The van der Waals surface area contributed by atoms with Gasteiger partial charge in [-0.25, -0.2) is 4.39 Å². The van der Waals surface area contributed by atoms with Gasteiger partial charge in [0.15, 0.2) is 0 Å². The van der Waals surface area contributed by atoms with E-state index in [9.17, 15) is 4.39 Å². The zero-order valence-corrected chi connectivity index (χ0v) is 12.4.